The Morgan fingerprint density at radius 3 is 2.25 bits per heavy atom. The lowest BCUT2D eigenvalue weighted by atomic mass is 10.0. The summed E-state index contributed by atoms with van der Waals surface area (Å²) in [6.45, 7) is 8.92. The summed E-state index contributed by atoms with van der Waals surface area (Å²) in [6.07, 6.45) is 0. The Labute approximate surface area is 140 Å². The number of hydrogen-bond donors (Lipinski definition) is 0. The van der Waals surface area contributed by atoms with Gasteiger partial charge >= 0.3 is 0 Å². The van der Waals surface area contributed by atoms with Gasteiger partial charge in [-0.25, -0.2) is 8.78 Å². The zero-order valence-corrected chi connectivity index (χ0v) is 14.2. The van der Waals surface area contributed by atoms with E-state index in [1.165, 1.54) is 12.1 Å². The highest BCUT2D eigenvalue weighted by Crippen LogP contribution is 2.27. The van der Waals surface area contributed by atoms with Gasteiger partial charge in [0, 0.05) is 37.8 Å². The van der Waals surface area contributed by atoms with Crippen molar-refractivity contribution in [2.24, 2.45) is 0 Å². The van der Waals surface area contributed by atoms with Crippen LogP contribution in [0.4, 0.5) is 8.78 Å². The summed E-state index contributed by atoms with van der Waals surface area (Å²) in [5.41, 5.74) is 0.407. The summed E-state index contributed by atoms with van der Waals surface area (Å²) in [6, 6.07) is 3.52. The van der Waals surface area contributed by atoms with Gasteiger partial charge in [-0.3, -0.25) is 9.80 Å². The van der Waals surface area contributed by atoms with Crippen molar-refractivity contribution in [3.05, 3.63) is 47.1 Å². The van der Waals surface area contributed by atoms with Crippen LogP contribution in [0.25, 0.3) is 0 Å². The number of halogens is 2. The van der Waals surface area contributed by atoms with Gasteiger partial charge in [0.15, 0.2) is 5.82 Å². The normalized spacial score (nSPS) is 19.4. The monoisotopic (exact) mass is 336 g/mol. The first-order valence-corrected chi connectivity index (χ1v) is 8.19. The van der Waals surface area contributed by atoms with Gasteiger partial charge in [-0.1, -0.05) is 5.16 Å². The van der Waals surface area contributed by atoms with Crippen molar-refractivity contribution in [2.75, 3.05) is 26.2 Å². The van der Waals surface area contributed by atoms with Crippen LogP contribution in [0.1, 0.15) is 43.2 Å². The van der Waals surface area contributed by atoms with Crippen LogP contribution in [0, 0.1) is 18.6 Å². The molecule has 0 bridgehead atoms. The van der Waals surface area contributed by atoms with Crippen LogP contribution in [0.3, 0.4) is 0 Å². The van der Waals surface area contributed by atoms with Crippen LogP contribution in [0.5, 0.6) is 0 Å². The molecule has 3 rings (SSSR count). The molecule has 0 saturated carbocycles. The van der Waals surface area contributed by atoms with E-state index in [1.54, 1.807) is 6.92 Å². The molecular formula is C17H22F2N4O. The van der Waals surface area contributed by atoms with Crippen molar-refractivity contribution in [1.29, 1.82) is 0 Å². The fourth-order valence-corrected chi connectivity index (χ4v) is 3.18. The Kier molecular flexibility index (Phi) is 4.91. The molecule has 1 aliphatic rings. The van der Waals surface area contributed by atoms with Gasteiger partial charge in [-0.05, 0) is 39.0 Å². The molecule has 1 aliphatic heterocycles. The van der Waals surface area contributed by atoms with E-state index in [0.29, 0.717) is 17.3 Å². The van der Waals surface area contributed by atoms with Gasteiger partial charge in [0.05, 0.1) is 6.04 Å². The maximum absolute atomic E-state index is 14.0. The van der Waals surface area contributed by atoms with Gasteiger partial charge in [-0.15, -0.1) is 0 Å². The summed E-state index contributed by atoms with van der Waals surface area (Å²) in [7, 11) is 0. The maximum Gasteiger partial charge on any atom is 0.243 e. The van der Waals surface area contributed by atoms with E-state index < -0.39 is 5.82 Å². The molecule has 2 atom stereocenters. The Morgan fingerprint density at radius 1 is 1.04 bits per heavy atom. The van der Waals surface area contributed by atoms with Gasteiger partial charge in [0.25, 0.3) is 0 Å². The van der Waals surface area contributed by atoms with E-state index in [1.807, 2.05) is 13.8 Å². The van der Waals surface area contributed by atoms with Gasteiger partial charge in [0.2, 0.25) is 5.89 Å². The molecule has 0 spiro atoms. The Bertz CT molecular complexity index is 698. The van der Waals surface area contributed by atoms with Crippen LogP contribution < -0.4 is 0 Å². The SMILES string of the molecule is Cc1noc([C@@H](C)N2CCN([C@H](C)c3cc(F)ccc3F)CC2)n1. The maximum atomic E-state index is 14.0. The van der Waals surface area contributed by atoms with Crippen molar-refractivity contribution in [2.45, 2.75) is 32.9 Å². The Hall–Kier alpha value is -1.86. The fourth-order valence-electron chi connectivity index (χ4n) is 3.18. The lowest BCUT2D eigenvalue weighted by Crippen LogP contribution is -2.48. The first-order valence-electron chi connectivity index (χ1n) is 8.19. The van der Waals surface area contributed by atoms with E-state index in [-0.39, 0.29) is 17.9 Å². The fraction of sp³-hybridized carbons (Fsp3) is 0.529. The highest BCUT2D eigenvalue weighted by Gasteiger charge is 2.28. The average molecular weight is 336 g/mol. The molecule has 2 heterocycles. The molecule has 5 nitrogen and oxygen atoms in total. The van der Waals surface area contributed by atoms with Crippen molar-refractivity contribution < 1.29 is 13.3 Å². The predicted octanol–water partition coefficient (Wildman–Crippen LogP) is 3.10. The minimum atomic E-state index is -0.405. The minimum absolute atomic E-state index is 0.0505. The van der Waals surface area contributed by atoms with Gasteiger partial charge in [-0.2, -0.15) is 4.98 Å². The van der Waals surface area contributed by atoms with Crippen LogP contribution in [-0.2, 0) is 0 Å². The predicted molar refractivity (Wildman–Crippen MR) is 85.4 cm³/mol. The topological polar surface area (TPSA) is 45.4 Å². The number of nitrogens with zero attached hydrogens (tertiary/aromatic N) is 4. The summed E-state index contributed by atoms with van der Waals surface area (Å²) >= 11 is 0. The van der Waals surface area contributed by atoms with E-state index in [0.717, 1.165) is 32.2 Å². The van der Waals surface area contributed by atoms with Crippen molar-refractivity contribution in [3.63, 3.8) is 0 Å². The van der Waals surface area contributed by atoms with Gasteiger partial charge in [0.1, 0.15) is 11.6 Å². The third-order valence-corrected chi connectivity index (χ3v) is 4.75. The highest BCUT2D eigenvalue weighted by molar-refractivity contribution is 5.22. The molecule has 0 radical (unpaired) electrons. The largest absolute Gasteiger partial charge is 0.338 e. The number of aryl methyl sites for hydroxylation is 1. The van der Waals surface area contributed by atoms with E-state index in [9.17, 15) is 8.78 Å². The summed E-state index contributed by atoms with van der Waals surface area (Å²) in [5, 5.41) is 3.83. The number of benzene rings is 1. The van der Waals surface area contributed by atoms with E-state index in [2.05, 4.69) is 19.9 Å². The summed E-state index contributed by atoms with van der Waals surface area (Å²) < 4.78 is 32.6. The highest BCUT2D eigenvalue weighted by atomic mass is 19.1. The number of hydrogen-bond acceptors (Lipinski definition) is 5. The van der Waals surface area contributed by atoms with E-state index >= 15 is 0 Å². The van der Waals surface area contributed by atoms with Crippen LogP contribution >= 0.6 is 0 Å². The van der Waals surface area contributed by atoms with Crippen molar-refractivity contribution >= 4 is 0 Å². The molecule has 1 saturated heterocycles. The quantitative estimate of drug-likeness (QED) is 0.858. The molecule has 0 aliphatic carbocycles. The molecular weight excluding hydrogens is 314 g/mol. The second-order valence-corrected chi connectivity index (χ2v) is 6.27. The van der Waals surface area contributed by atoms with Crippen molar-refractivity contribution in [1.82, 2.24) is 19.9 Å². The molecule has 24 heavy (non-hydrogen) atoms. The lowest BCUT2D eigenvalue weighted by Gasteiger charge is -2.39. The third-order valence-electron chi connectivity index (χ3n) is 4.75. The zero-order valence-electron chi connectivity index (χ0n) is 14.2. The second-order valence-electron chi connectivity index (χ2n) is 6.27. The lowest BCUT2D eigenvalue weighted by molar-refractivity contribution is 0.0668. The van der Waals surface area contributed by atoms with Crippen LogP contribution in [-0.4, -0.2) is 46.1 Å². The number of aromatic nitrogens is 2. The molecule has 1 aromatic carbocycles. The molecule has 7 heteroatoms. The molecule has 2 aromatic rings. The van der Waals surface area contributed by atoms with Crippen LogP contribution in [0.2, 0.25) is 0 Å². The molecule has 0 N–H and O–H groups in total. The Balaban J connectivity index is 1.63. The average Bonchev–Trinajstić information content (AvgIpc) is 3.02. The summed E-state index contributed by atoms with van der Waals surface area (Å²) in [4.78, 5) is 8.71. The molecule has 1 aromatic heterocycles. The standard InChI is InChI=1S/C17H22F2N4O/c1-11(15-10-14(18)4-5-16(15)19)22-6-8-23(9-7-22)12(2)17-20-13(3)21-24-17/h4-5,10-12H,6-9H2,1-3H3/t11-,12-/m1/s1. The van der Waals surface area contributed by atoms with E-state index in [4.69, 9.17) is 4.52 Å². The zero-order chi connectivity index (χ0) is 17.3. The van der Waals surface area contributed by atoms with Gasteiger partial charge < -0.3 is 4.52 Å². The second kappa shape index (κ2) is 6.94. The minimum Gasteiger partial charge on any atom is -0.338 e. The Morgan fingerprint density at radius 2 is 1.67 bits per heavy atom. The van der Waals surface area contributed by atoms with Crippen LogP contribution in [0.15, 0.2) is 22.7 Å². The smallest absolute Gasteiger partial charge is 0.243 e. The molecule has 0 amide bonds. The number of rotatable bonds is 4. The van der Waals surface area contributed by atoms with Crippen molar-refractivity contribution in [3.8, 4) is 0 Å². The molecule has 130 valence electrons. The summed E-state index contributed by atoms with van der Waals surface area (Å²) in [5.74, 6) is 0.481. The first-order chi connectivity index (χ1) is 11.5. The third kappa shape index (κ3) is 3.47. The number of piperazine rings is 1. The molecule has 1 fully saturated rings. The first kappa shape index (κ1) is 17.0. The molecule has 0 unspecified atom stereocenters.